The molecule has 5 heteroatoms. The lowest BCUT2D eigenvalue weighted by Crippen LogP contribution is -2.47. The van der Waals surface area contributed by atoms with Crippen LogP contribution in [0.4, 0.5) is 4.79 Å². The Morgan fingerprint density at radius 1 is 1.06 bits per heavy atom. The molecule has 2 N–H and O–H groups in total. The van der Waals surface area contributed by atoms with Crippen molar-refractivity contribution in [3.63, 3.8) is 0 Å². The lowest BCUT2D eigenvalue weighted by Gasteiger charge is -2.33. The van der Waals surface area contributed by atoms with Gasteiger partial charge >= 0.3 is 6.09 Å². The van der Waals surface area contributed by atoms with Crippen LogP contribution in [0.3, 0.4) is 0 Å². The van der Waals surface area contributed by atoms with Gasteiger partial charge in [0.1, 0.15) is 0 Å². The van der Waals surface area contributed by atoms with Crippen molar-refractivity contribution < 1.29 is 15.0 Å². The molecule has 2 rings (SSSR count). The number of benzene rings is 1. The van der Waals surface area contributed by atoms with Crippen LogP contribution in [-0.4, -0.2) is 52.3 Å². The van der Waals surface area contributed by atoms with Crippen LogP contribution in [0.5, 0.6) is 0 Å². The maximum Gasteiger partial charge on any atom is 0.407 e. The highest BCUT2D eigenvalue weighted by Gasteiger charge is 2.19. The van der Waals surface area contributed by atoms with Gasteiger partial charge in [0, 0.05) is 32.7 Å². The minimum atomic E-state index is -0.832. The minimum absolute atomic E-state index is 0.0670. The summed E-state index contributed by atoms with van der Waals surface area (Å²) in [5.41, 5.74) is 2.10. The van der Waals surface area contributed by atoms with E-state index in [0.29, 0.717) is 13.1 Å². The van der Waals surface area contributed by atoms with Gasteiger partial charge in [0.2, 0.25) is 0 Å². The molecule has 18 heavy (non-hydrogen) atoms. The fourth-order valence-electron chi connectivity index (χ4n) is 2.11. The fourth-order valence-corrected chi connectivity index (χ4v) is 2.11. The normalized spacial score (nSPS) is 16.8. The summed E-state index contributed by atoms with van der Waals surface area (Å²) in [5, 5.41) is 17.8. The van der Waals surface area contributed by atoms with E-state index < -0.39 is 6.09 Å². The maximum absolute atomic E-state index is 10.8. The third kappa shape index (κ3) is 3.21. The molecule has 0 unspecified atom stereocenters. The molecule has 0 aromatic heterocycles. The third-order valence-corrected chi connectivity index (χ3v) is 3.25. The monoisotopic (exact) mass is 250 g/mol. The van der Waals surface area contributed by atoms with Gasteiger partial charge in [-0.1, -0.05) is 24.3 Å². The molecule has 0 radical (unpaired) electrons. The van der Waals surface area contributed by atoms with Crippen LogP contribution in [0.25, 0.3) is 0 Å². The van der Waals surface area contributed by atoms with Crippen LogP contribution in [0.2, 0.25) is 0 Å². The first kappa shape index (κ1) is 12.9. The number of hydrogen-bond donors (Lipinski definition) is 2. The molecule has 1 aromatic rings. The van der Waals surface area contributed by atoms with Gasteiger partial charge in [0.15, 0.2) is 0 Å². The Morgan fingerprint density at radius 2 is 1.61 bits per heavy atom. The van der Waals surface area contributed by atoms with Crippen LogP contribution in [-0.2, 0) is 13.2 Å². The summed E-state index contributed by atoms with van der Waals surface area (Å²) in [6, 6.07) is 7.86. The second kappa shape index (κ2) is 5.84. The van der Waals surface area contributed by atoms with Crippen LogP contribution in [0.15, 0.2) is 24.3 Å². The summed E-state index contributed by atoms with van der Waals surface area (Å²) in [4.78, 5) is 14.5. The van der Waals surface area contributed by atoms with E-state index in [1.165, 1.54) is 10.5 Å². The molecule has 1 saturated heterocycles. The Morgan fingerprint density at radius 3 is 2.11 bits per heavy atom. The molecule has 1 amide bonds. The molecule has 1 aromatic carbocycles. The minimum Gasteiger partial charge on any atom is -0.465 e. The van der Waals surface area contributed by atoms with Crippen LogP contribution < -0.4 is 0 Å². The molecule has 98 valence electrons. The van der Waals surface area contributed by atoms with E-state index in [4.69, 9.17) is 10.2 Å². The van der Waals surface area contributed by atoms with Gasteiger partial charge in [0.25, 0.3) is 0 Å². The van der Waals surface area contributed by atoms with E-state index in [1.807, 2.05) is 24.3 Å². The molecule has 1 heterocycles. The Bertz CT molecular complexity index is 397. The summed E-state index contributed by atoms with van der Waals surface area (Å²) in [7, 11) is 0. The molecule has 0 spiro atoms. The average Bonchev–Trinajstić information content (AvgIpc) is 2.40. The standard InChI is InChI=1S/C13H18N2O3/c16-10-12-3-1-11(2-4-12)9-14-5-7-15(8-6-14)13(17)18/h1-4,16H,5-10H2,(H,17,18). The summed E-state index contributed by atoms with van der Waals surface area (Å²) >= 11 is 0. The summed E-state index contributed by atoms with van der Waals surface area (Å²) < 4.78 is 0. The van der Waals surface area contributed by atoms with E-state index in [0.717, 1.165) is 25.2 Å². The number of hydrogen-bond acceptors (Lipinski definition) is 3. The molecule has 1 fully saturated rings. The number of carbonyl (C=O) groups is 1. The van der Waals surface area contributed by atoms with E-state index in [1.54, 1.807) is 0 Å². The van der Waals surface area contributed by atoms with Crippen molar-refractivity contribution in [1.82, 2.24) is 9.80 Å². The molecular weight excluding hydrogens is 232 g/mol. The van der Waals surface area contributed by atoms with Crippen LogP contribution in [0.1, 0.15) is 11.1 Å². The molecule has 1 aliphatic heterocycles. The first-order valence-corrected chi connectivity index (χ1v) is 6.08. The second-order valence-corrected chi connectivity index (χ2v) is 4.52. The van der Waals surface area contributed by atoms with Gasteiger partial charge in [-0.3, -0.25) is 4.90 Å². The lowest BCUT2D eigenvalue weighted by molar-refractivity contribution is 0.103. The summed E-state index contributed by atoms with van der Waals surface area (Å²) in [6.45, 7) is 3.59. The second-order valence-electron chi connectivity index (χ2n) is 4.52. The van der Waals surface area contributed by atoms with Gasteiger partial charge in [0.05, 0.1) is 6.61 Å². The van der Waals surface area contributed by atoms with Gasteiger partial charge in [-0.2, -0.15) is 0 Å². The molecule has 1 aliphatic rings. The van der Waals surface area contributed by atoms with Crippen LogP contribution in [0, 0.1) is 0 Å². The highest BCUT2D eigenvalue weighted by Crippen LogP contribution is 2.10. The highest BCUT2D eigenvalue weighted by molar-refractivity contribution is 5.65. The number of amides is 1. The number of aliphatic hydroxyl groups is 1. The van der Waals surface area contributed by atoms with Crippen molar-refractivity contribution in [3.05, 3.63) is 35.4 Å². The molecule has 0 bridgehead atoms. The van der Waals surface area contributed by atoms with Gasteiger partial charge < -0.3 is 15.1 Å². The maximum atomic E-state index is 10.8. The van der Waals surface area contributed by atoms with Crippen LogP contribution >= 0.6 is 0 Å². The van der Waals surface area contributed by atoms with Gasteiger partial charge in [-0.05, 0) is 11.1 Å². The Balaban J connectivity index is 1.85. The zero-order chi connectivity index (χ0) is 13.0. The first-order valence-electron chi connectivity index (χ1n) is 6.08. The van der Waals surface area contributed by atoms with Crippen molar-refractivity contribution in [1.29, 1.82) is 0 Å². The lowest BCUT2D eigenvalue weighted by atomic mass is 10.1. The molecule has 0 atom stereocenters. The van der Waals surface area contributed by atoms with Crippen molar-refractivity contribution in [2.24, 2.45) is 0 Å². The number of aliphatic hydroxyl groups excluding tert-OH is 1. The van der Waals surface area contributed by atoms with E-state index in [2.05, 4.69) is 4.90 Å². The molecule has 0 saturated carbocycles. The fraction of sp³-hybridized carbons (Fsp3) is 0.462. The van der Waals surface area contributed by atoms with E-state index in [9.17, 15) is 4.79 Å². The molecule has 0 aliphatic carbocycles. The number of carboxylic acid groups (broad SMARTS) is 1. The first-order chi connectivity index (χ1) is 8.69. The zero-order valence-corrected chi connectivity index (χ0v) is 10.2. The van der Waals surface area contributed by atoms with E-state index in [-0.39, 0.29) is 6.61 Å². The molecule has 5 nitrogen and oxygen atoms in total. The number of nitrogens with zero attached hydrogens (tertiary/aromatic N) is 2. The number of rotatable bonds is 3. The summed E-state index contributed by atoms with van der Waals surface area (Å²) in [6.07, 6.45) is -0.832. The quantitative estimate of drug-likeness (QED) is 0.839. The van der Waals surface area contributed by atoms with E-state index >= 15 is 0 Å². The van der Waals surface area contributed by atoms with Gasteiger partial charge in [-0.25, -0.2) is 4.79 Å². The predicted molar refractivity (Wildman–Crippen MR) is 67.2 cm³/mol. The number of piperazine rings is 1. The Labute approximate surface area is 106 Å². The largest absolute Gasteiger partial charge is 0.465 e. The molecular formula is C13H18N2O3. The van der Waals surface area contributed by atoms with Crippen molar-refractivity contribution in [2.75, 3.05) is 26.2 Å². The average molecular weight is 250 g/mol. The SMILES string of the molecule is O=C(O)N1CCN(Cc2ccc(CO)cc2)CC1. The Kier molecular flexibility index (Phi) is 4.17. The van der Waals surface area contributed by atoms with Gasteiger partial charge in [-0.15, -0.1) is 0 Å². The van der Waals surface area contributed by atoms with Crippen molar-refractivity contribution >= 4 is 6.09 Å². The predicted octanol–water partition coefficient (Wildman–Crippen LogP) is 0.975. The third-order valence-electron chi connectivity index (χ3n) is 3.25. The van der Waals surface area contributed by atoms with Crippen molar-refractivity contribution in [3.8, 4) is 0 Å². The van der Waals surface area contributed by atoms with Crippen molar-refractivity contribution in [2.45, 2.75) is 13.2 Å². The summed E-state index contributed by atoms with van der Waals surface area (Å²) in [5.74, 6) is 0. The topological polar surface area (TPSA) is 64.0 Å². The zero-order valence-electron chi connectivity index (χ0n) is 10.2. The highest BCUT2D eigenvalue weighted by atomic mass is 16.4. The smallest absolute Gasteiger partial charge is 0.407 e. The Hall–Kier alpha value is -1.59.